The molecule has 2 N–H and O–H groups in total. The van der Waals surface area contributed by atoms with Crippen molar-refractivity contribution in [2.75, 3.05) is 23.3 Å². The fraction of sp³-hybridized carbons (Fsp3) is 0.286. The Bertz CT molecular complexity index is 1560. The number of aromatic nitrogens is 1. The molecule has 1 unspecified atom stereocenters. The van der Waals surface area contributed by atoms with Crippen molar-refractivity contribution in [2.24, 2.45) is 0 Å². The molecular weight excluding hydrogens is 544 g/mol. The summed E-state index contributed by atoms with van der Waals surface area (Å²) in [6.07, 6.45) is 8.66. The molecule has 2 amide bonds. The number of aryl methyl sites for hydroxylation is 3. The standard InChI is InChI=1S/C35H37ClN4O2/c1-24-8-3-4-10-29(24)34(41)39-28-13-14-30(25(2)22-28)35(42)40-21-7-11-32(31-23-27(36)12-15-33(31)40)38-18-6-5-9-26-16-19-37-20-17-26/h3-4,8,10,12-17,19-20,22-23,32,38H,5-7,9,11,18,21H2,1-2H3,(H,39,41). The molecule has 0 saturated carbocycles. The number of fused-ring (bicyclic) bond motifs is 1. The topological polar surface area (TPSA) is 74.3 Å². The van der Waals surface area contributed by atoms with Crippen molar-refractivity contribution >= 4 is 34.8 Å². The van der Waals surface area contributed by atoms with Crippen LogP contribution < -0.4 is 15.5 Å². The quantitative estimate of drug-likeness (QED) is 0.199. The molecule has 0 aliphatic carbocycles. The molecule has 1 aliphatic rings. The molecule has 1 atom stereocenters. The predicted octanol–water partition coefficient (Wildman–Crippen LogP) is 7.70. The van der Waals surface area contributed by atoms with Crippen LogP contribution in [-0.2, 0) is 6.42 Å². The fourth-order valence-electron chi connectivity index (χ4n) is 5.64. The smallest absolute Gasteiger partial charge is 0.258 e. The van der Waals surface area contributed by atoms with Crippen molar-refractivity contribution in [2.45, 2.75) is 52.0 Å². The summed E-state index contributed by atoms with van der Waals surface area (Å²) in [6, 6.07) is 23.0. The Morgan fingerprint density at radius 3 is 2.52 bits per heavy atom. The van der Waals surface area contributed by atoms with Gasteiger partial charge in [-0.25, -0.2) is 0 Å². The van der Waals surface area contributed by atoms with E-state index in [-0.39, 0.29) is 17.9 Å². The lowest BCUT2D eigenvalue weighted by Gasteiger charge is -2.25. The summed E-state index contributed by atoms with van der Waals surface area (Å²) in [5.41, 5.74) is 6.90. The first-order valence-electron chi connectivity index (χ1n) is 14.6. The van der Waals surface area contributed by atoms with E-state index in [0.717, 1.165) is 61.0 Å². The number of rotatable bonds is 9. The first kappa shape index (κ1) is 29.5. The van der Waals surface area contributed by atoms with E-state index in [9.17, 15) is 9.59 Å². The van der Waals surface area contributed by atoms with Crippen LogP contribution in [0.5, 0.6) is 0 Å². The minimum Gasteiger partial charge on any atom is -0.322 e. The molecule has 6 nitrogen and oxygen atoms in total. The molecule has 0 radical (unpaired) electrons. The van der Waals surface area contributed by atoms with Crippen molar-refractivity contribution in [3.8, 4) is 0 Å². The van der Waals surface area contributed by atoms with Gasteiger partial charge in [-0.15, -0.1) is 0 Å². The van der Waals surface area contributed by atoms with Crippen molar-refractivity contribution in [1.82, 2.24) is 10.3 Å². The summed E-state index contributed by atoms with van der Waals surface area (Å²) in [5, 5.41) is 7.37. The van der Waals surface area contributed by atoms with Crippen LogP contribution >= 0.6 is 11.6 Å². The predicted molar refractivity (Wildman–Crippen MR) is 171 cm³/mol. The largest absolute Gasteiger partial charge is 0.322 e. The minimum atomic E-state index is -0.166. The van der Waals surface area contributed by atoms with E-state index in [1.807, 2.05) is 85.7 Å². The van der Waals surface area contributed by atoms with E-state index in [0.29, 0.717) is 28.4 Å². The van der Waals surface area contributed by atoms with Crippen LogP contribution in [0, 0.1) is 13.8 Å². The van der Waals surface area contributed by atoms with Crippen LogP contribution in [0.15, 0.2) is 85.2 Å². The highest BCUT2D eigenvalue weighted by atomic mass is 35.5. The van der Waals surface area contributed by atoms with Gasteiger partial charge < -0.3 is 15.5 Å². The monoisotopic (exact) mass is 580 g/mol. The van der Waals surface area contributed by atoms with Gasteiger partial charge >= 0.3 is 0 Å². The second-order valence-corrected chi connectivity index (χ2v) is 11.4. The molecule has 0 fully saturated rings. The van der Waals surface area contributed by atoms with Gasteiger partial charge in [0.15, 0.2) is 0 Å². The van der Waals surface area contributed by atoms with Crippen molar-refractivity contribution in [3.05, 3.63) is 124 Å². The Morgan fingerprint density at radius 2 is 1.74 bits per heavy atom. The molecule has 1 aromatic heterocycles. The number of pyridine rings is 1. The molecule has 216 valence electrons. The third kappa shape index (κ3) is 7.07. The number of hydrogen-bond acceptors (Lipinski definition) is 4. The van der Waals surface area contributed by atoms with Crippen LogP contribution in [0.4, 0.5) is 11.4 Å². The Morgan fingerprint density at radius 1 is 0.929 bits per heavy atom. The first-order valence-corrected chi connectivity index (χ1v) is 15.0. The van der Waals surface area contributed by atoms with Gasteiger partial charge in [-0.3, -0.25) is 14.6 Å². The van der Waals surface area contributed by atoms with E-state index in [2.05, 4.69) is 27.8 Å². The average molecular weight is 581 g/mol. The average Bonchev–Trinajstić information content (AvgIpc) is 3.16. The maximum absolute atomic E-state index is 13.9. The number of carbonyl (C=O) groups is 2. The van der Waals surface area contributed by atoms with E-state index in [1.165, 1.54) is 5.56 Å². The molecule has 2 heterocycles. The number of unbranched alkanes of at least 4 members (excludes halogenated alkanes) is 1. The molecule has 42 heavy (non-hydrogen) atoms. The number of hydrogen-bond donors (Lipinski definition) is 2. The number of amides is 2. The Balaban J connectivity index is 1.27. The lowest BCUT2D eigenvalue weighted by Crippen LogP contribution is -2.32. The van der Waals surface area contributed by atoms with Gasteiger partial charge in [-0.05, 0) is 129 Å². The zero-order valence-electron chi connectivity index (χ0n) is 24.2. The normalized spacial score (nSPS) is 14.6. The lowest BCUT2D eigenvalue weighted by atomic mass is 10.0. The van der Waals surface area contributed by atoms with E-state index in [4.69, 9.17) is 11.6 Å². The maximum atomic E-state index is 13.9. The molecule has 0 saturated heterocycles. The van der Waals surface area contributed by atoms with Gasteiger partial charge in [-0.1, -0.05) is 29.8 Å². The van der Waals surface area contributed by atoms with Gasteiger partial charge in [-0.2, -0.15) is 0 Å². The highest BCUT2D eigenvalue weighted by Crippen LogP contribution is 2.36. The fourth-order valence-corrected chi connectivity index (χ4v) is 5.82. The van der Waals surface area contributed by atoms with E-state index < -0.39 is 0 Å². The summed E-state index contributed by atoms with van der Waals surface area (Å²) in [5.74, 6) is -0.216. The Kier molecular flexibility index (Phi) is 9.67. The van der Waals surface area contributed by atoms with Crippen molar-refractivity contribution in [1.29, 1.82) is 0 Å². The zero-order valence-corrected chi connectivity index (χ0v) is 25.0. The van der Waals surface area contributed by atoms with Crippen LogP contribution in [0.2, 0.25) is 5.02 Å². The van der Waals surface area contributed by atoms with Gasteiger partial charge in [0.05, 0.1) is 0 Å². The Labute approximate surface area is 253 Å². The number of nitrogens with one attached hydrogen (secondary N) is 2. The number of carbonyl (C=O) groups excluding carboxylic acids is 2. The number of nitrogens with zero attached hydrogens (tertiary/aromatic N) is 2. The number of benzene rings is 3. The van der Waals surface area contributed by atoms with Gasteiger partial charge in [0.1, 0.15) is 0 Å². The molecule has 7 heteroatoms. The summed E-state index contributed by atoms with van der Waals surface area (Å²) in [6.45, 7) is 5.34. The van der Waals surface area contributed by atoms with Gasteiger partial charge in [0.25, 0.3) is 11.8 Å². The van der Waals surface area contributed by atoms with Crippen LogP contribution in [0.3, 0.4) is 0 Å². The highest BCUT2D eigenvalue weighted by Gasteiger charge is 2.28. The summed E-state index contributed by atoms with van der Waals surface area (Å²) in [4.78, 5) is 32.7. The number of anilines is 2. The maximum Gasteiger partial charge on any atom is 0.258 e. The zero-order chi connectivity index (χ0) is 29.5. The highest BCUT2D eigenvalue weighted by molar-refractivity contribution is 6.30. The summed E-state index contributed by atoms with van der Waals surface area (Å²) >= 11 is 6.46. The lowest BCUT2D eigenvalue weighted by molar-refractivity contribution is 0.0985. The summed E-state index contributed by atoms with van der Waals surface area (Å²) < 4.78 is 0. The minimum absolute atomic E-state index is 0.0501. The van der Waals surface area contributed by atoms with Crippen LogP contribution in [0.25, 0.3) is 0 Å². The molecule has 0 bridgehead atoms. The Hall–Kier alpha value is -4.00. The molecule has 5 rings (SSSR count). The summed E-state index contributed by atoms with van der Waals surface area (Å²) in [7, 11) is 0. The first-order chi connectivity index (χ1) is 20.4. The second kappa shape index (κ2) is 13.8. The van der Waals surface area contributed by atoms with Crippen molar-refractivity contribution in [3.63, 3.8) is 0 Å². The molecule has 3 aromatic carbocycles. The van der Waals surface area contributed by atoms with E-state index >= 15 is 0 Å². The van der Waals surface area contributed by atoms with E-state index in [1.54, 1.807) is 6.07 Å². The third-order valence-corrected chi connectivity index (χ3v) is 8.15. The molecule has 1 aliphatic heterocycles. The molecular formula is C35H37ClN4O2. The molecule has 4 aromatic rings. The number of halogens is 1. The van der Waals surface area contributed by atoms with Crippen LogP contribution in [-0.4, -0.2) is 29.9 Å². The SMILES string of the molecule is Cc1ccccc1C(=O)Nc1ccc(C(=O)N2CCCC(NCCCCc3ccncc3)c3cc(Cl)ccc32)c(C)c1. The second-order valence-electron chi connectivity index (χ2n) is 10.9. The van der Waals surface area contributed by atoms with Gasteiger partial charge in [0.2, 0.25) is 0 Å². The molecule has 0 spiro atoms. The van der Waals surface area contributed by atoms with Crippen LogP contribution in [0.1, 0.15) is 74.7 Å². The van der Waals surface area contributed by atoms with Gasteiger partial charge in [0, 0.05) is 52.5 Å². The third-order valence-electron chi connectivity index (χ3n) is 7.91. The van der Waals surface area contributed by atoms with Crippen molar-refractivity contribution < 1.29 is 9.59 Å².